The number of benzene rings is 1. The molecule has 0 amide bonds. The largest absolute Gasteiger partial charge is 0.507 e. The van der Waals surface area contributed by atoms with E-state index in [0.29, 0.717) is 12.0 Å². The first-order valence-electron chi connectivity index (χ1n) is 14.2. The Hall–Kier alpha value is -3.69. The molecule has 1 aromatic rings. The molecule has 42 heavy (non-hydrogen) atoms. The number of ether oxygens (including phenoxy) is 2. The SMILES string of the molecule is C=C(C)C(O)Cc1c(O)c(CC=C(C)C)c(O)c2c1O[C@@]13C(=C[C@H]4C[C@@H]1C(C)(C)O[C@]3(C/C=C(/C)C(=O)O)C4=O)C2=O. The number of aliphatic carboxylic acids is 1. The lowest BCUT2D eigenvalue weighted by molar-refractivity contribution is -0.171. The first-order chi connectivity index (χ1) is 19.5. The van der Waals surface area contributed by atoms with Gasteiger partial charge in [0.25, 0.3) is 0 Å². The first-order valence-corrected chi connectivity index (χ1v) is 14.2. The maximum absolute atomic E-state index is 14.5. The number of fused-ring (bicyclic) bond motifs is 1. The fourth-order valence-electron chi connectivity index (χ4n) is 7.20. The Morgan fingerprint density at radius 3 is 2.38 bits per heavy atom. The van der Waals surface area contributed by atoms with E-state index in [9.17, 15) is 34.8 Å². The number of phenolic OH excluding ortho intramolecular Hbond substituents is 2. The Bertz CT molecular complexity index is 1540. The van der Waals surface area contributed by atoms with Gasteiger partial charge in [-0.15, -0.1) is 0 Å². The van der Waals surface area contributed by atoms with Crippen molar-refractivity contribution in [2.24, 2.45) is 11.8 Å². The molecule has 9 nitrogen and oxygen atoms in total. The van der Waals surface area contributed by atoms with Crippen molar-refractivity contribution >= 4 is 17.5 Å². The van der Waals surface area contributed by atoms with Crippen molar-refractivity contribution in [1.29, 1.82) is 0 Å². The molecule has 1 saturated heterocycles. The van der Waals surface area contributed by atoms with Crippen LogP contribution in [0.4, 0.5) is 0 Å². The summed E-state index contributed by atoms with van der Waals surface area (Å²) in [6.07, 6.45) is 3.89. The Balaban J connectivity index is 1.81. The highest BCUT2D eigenvalue weighted by Crippen LogP contribution is 2.68. The molecule has 6 rings (SSSR count). The number of aromatic hydroxyl groups is 2. The van der Waals surface area contributed by atoms with Gasteiger partial charge >= 0.3 is 5.97 Å². The van der Waals surface area contributed by atoms with E-state index >= 15 is 0 Å². The van der Waals surface area contributed by atoms with Crippen LogP contribution in [-0.2, 0) is 27.2 Å². The van der Waals surface area contributed by atoms with E-state index in [2.05, 4.69) is 6.58 Å². The highest BCUT2D eigenvalue weighted by atomic mass is 16.6. The number of allylic oxidation sites excluding steroid dienone is 3. The molecule has 3 aliphatic carbocycles. The van der Waals surface area contributed by atoms with Crippen LogP contribution in [0.25, 0.3) is 0 Å². The van der Waals surface area contributed by atoms with Gasteiger partial charge in [0.05, 0.1) is 11.7 Å². The second-order valence-corrected chi connectivity index (χ2v) is 12.8. The van der Waals surface area contributed by atoms with E-state index in [4.69, 9.17) is 9.47 Å². The summed E-state index contributed by atoms with van der Waals surface area (Å²) in [7, 11) is 0. The van der Waals surface area contributed by atoms with Crippen LogP contribution in [0, 0.1) is 11.8 Å². The lowest BCUT2D eigenvalue weighted by Crippen LogP contribution is -2.72. The molecular weight excluding hydrogens is 540 g/mol. The molecule has 5 aliphatic rings. The van der Waals surface area contributed by atoms with Crippen LogP contribution in [0.2, 0.25) is 0 Å². The van der Waals surface area contributed by atoms with Gasteiger partial charge in [0, 0.05) is 47.0 Å². The molecule has 2 fully saturated rings. The minimum absolute atomic E-state index is 0.0115. The van der Waals surface area contributed by atoms with Gasteiger partial charge in [-0.05, 0) is 54.4 Å². The predicted octanol–water partition coefficient (Wildman–Crippen LogP) is 4.51. The van der Waals surface area contributed by atoms with Crippen LogP contribution in [0.5, 0.6) is 17.2 Å². The molecule has 224 valence electrons. The van der Waals surface area contributed by atoms with E-state index in [1.165, 1.54) is 13.0 Å². The topological polar surface area (TPSA) is 151 Å². The van der Waals surface area contributed by atoms with E-state index in [0.717, 1.165) is 5.57 Å². The number of hydrogen-bond donors (Lipinski definition) is 4. The third-order valence-electron chi connectivity index (χ3n) is 9.40. The zero-order chi connectivity index (χ0) is 31.1. The van der Waals surface area contributed by atoms with Crippen molar-refractivity contribution in [3.05, 3.63) is 63.8 Å². The molecule has 4 N–H and O–H groups in total. The summed E-state index contributed by atoms with van der Waals surface area (Å²) in [5, 5.41) is 43.3. The van der Waals surface area contributed by atoms with Gasteiger partial charge in [0.15, 0.2) is 22.8 Å². The van der Waals surface area contributed by atoms with Gasteiger partial charge in [-0.3, -0.25) is 9.59 Å². The molecule has 1 spiro atoms. The zero-order valence-corrected chi connectivity index (χ0v) is 24.8. The van der Waals surface area contributed by atoms with E-state index < -0.39 is 52.2 Å². The molecule has 5 atom stereocenters. The van der Waals surface area contributed by atoms with Crippen LogP contribution < -0.4 is 4.74 Å². The van der Waals surface area contributed by atoms with E-state index in [-0.39, 0.29) is 64.4 Å². The van der Waals surface area contributed by atoms with Gasteiger partial charge in [0.1, 0.15) is 22.8 Å². The van der Waals surface area contributed by atoms with Crippen molar-refractivity contribution in [3.8, 4) is 17.2 Å². The molecule has 0 radical (unpaired) electrons. The second-order valence-electron chi connectivity index (χ2n) is 12.8. The summed E-state index contributed by atoms with van der Waals surface area (Å²) < 4.78 is 13.4. The molecule has 2 heterocycles. The number of carbonyl (C=O) groups excluding carboxylic acids is 2. The van der Waals surface area contributed by atoms with Crippen LogP contribution in [0.15, 0.2) is 47.1 Å². The number of aliphatic hydroxyl groups excluding tert-OH is 1. The summed E-state index contributed by atoms with van der Waals surface area (Å²) in [6.45, 7) is 14.2. The fraction of sp³-hybridized carbons (Fsp3) is 0.485. The van der Waals surface area contributed by atoms with Gasteiger partial charge in [-0.25, -0.2) is 4.79 Å². The monoisotopic (exact) mass is 578 g/mol. The molecule has 1 saturated carbocycles. The molecule has 9 heteroatoms. The van der Waals surface area contributed by atoms with Gasteiger partial charge in [-0.2, -0.15) is 0 Å². The van der Waals surface area contributed by atoms with Crippen molar-refractivity contribution in [3.63, 3.8) is 0 Å². The summed E-state index contributed by atoms with van der Waals surface area (Å²) in [5.41, 5.74) is -2.68. The van der Waals surface area contributed by atoms with Gasteiger partial charge in [-0.1, -0.05) is 36.0 Å². The third kappa shape index (κ3) is 3.93. The third-order valence-corrected chi connectivity index (χ3v) is 9.40. The molecule has 2 aliphatic heterocycles. The summed E-state index contributed by atoms with van der Waals surface area (Å²) in [5.74, 6) is -4.02. The maximum Gasteiger partial charge on any atom is 0.330 e. The summed E-state index contributed by atoms with van der Waals surface area (Å²) in [4.78, 5) is 40.3. The van der Waals surface area contributed by atoms with Crippen LogP contribution in [0.3, 0.4) is 0 Å². The molecular formula is C33H38O9. The Morgan fingerprint density at radius 2 is 1.79 bits per heavy atom. The van der Waals surface area contributed by atoms with Crippen molar-refractivity contribution in [2.75, 3.05) is 0 Å². The van der Waals surface area contributed by atoms with Crippen LogP contribution >= 0.6 is 0 Å². The van der Waals surface area contributed by atoms with Crippen LogP contribution in [-0.4, -0.2) is 60.9 Å². The minimum atomic E-state index is -1.73. The fourth-order valence-corrected chi connectivity index (χ4v) is 7.20. The Morgan fingerprint density at radius 1 is 1.12 bits per heavy atom. The number of aliphatic hydroxyl groups is 1. The summed E-state index contributed by atoms with van der Waals surface area (Å²) >= 11 is 0. The van der Waals surface area contributed by atoms with E-state index in [1.54, 1.807) is 19.1 Å². The van der Waals surface area contributed by atoms with Crippen LogP contribution in [0.1, 0.15) is 75.9 Å². The number of carboxylic acids is 1. The number of Topliss-reactive ketones (excluding diaryl/α,β-unsaturated/α-hetero) is 2. The molecule has 0 aromatic heterocycles. The smallest absolute Gasteiger partial charge is 0.330 e. The molecule has 1 aromatic carbocycles. The molecule has 1 unspecified atom stereocenters. The summed E-state index contributed by atoms with van der Waals surface area (Å²) in [6, 6.07) is 0. The average Bonchev–Trinajstić information content (AvgIpc) is 3.06. The standard InChI is InChI=1S/C33H38O9/c1-15(2)8-9-19-25(35)20(14-22(34)16(3)4)28-24(26(19)36)27(37)21-12-18-13-23-31(6,7)42-32(29(18)38,33(21,23)41-28)11-10-17(5)30(39)40/h8,10,12,18,22-23,34-36H,3,9,11,13-14H2,1-2,4-7H3,(H,39,40)/b17-10-/t18-,22?,23+,32+,33-/m0/s1. The average molecular weight is 579 g/mol. The number of carbonyl (C=O) groups is 3. The normalized spacial score (nSPS) is 29.3. The number of ketones is 2. The number of rotatable bonds is 8. The van der Waals surface area contributed by atoms with Gasteiger partial charge < -0.3 is 29.9 Å². The van der Waals surface area contributed by atoms with Crippen molar-refractivity contribution in [1.82, 2.24) is 0 Å². The number of hydrogen-bond acceptors (Lipinski definition) is 8. The highest BCUT2D eigenvalue weighted by molar-refractivity contribution is 6.18. The highest BCUT2D eigenvalue weighted by Gasteiger charge is 2.81. The number of carboxylic acid groups (broad SMARTS) is 1. The molecule has 4 bridgehead atoms. The lowest BCUT2D eigenvalue weighted by Gasteiger charge is -2.56. The van der Waals surface area contributed by atoms with Crippen molar-refractivity contribution < 1.29 is 44.3 Å². The predicted molar refractivity (Wildman–Crippen MR) is 154 cm³/mol. The van der Waals surface area contributed by atoms with Crippen molar-refractivity contribution in [2.45, 2.75) is 90.1 Å². The zero-order valence-electron chi connectivity index (χ0n) is 24.8. The quantitative estimate of drug-likeness (QED) is 0.258. The first kappa shape index (κ1) is 29.8. The van der Waals surface area contributed by atoms with E-state index in [1.807, 2.05) is 27.7 Å². The maximum atomic E-state index is 14.5. The Labute approximate surface area is 244 Å². The van der Waals surface area contributed by atoms with Gasteiger partial charge in [0.2, 0.25) is 0 Å². The second kappa shape index (κ2) is 9.67. The number of phenols is 2. The minimum Gasteiger partial charge on any atom is -0.507 e. The Kier molecular flexibility index (Phi) is 6.86. The lowest BCUT2D eigenvalue weighted by atomic mass is 9.51.